The van der Waals surface area contributed by atoms with Crippen LogP contribution >= 0.6 is 35.6 Å². The molecular formula is C16H27ClIN3O. The summed E-state index contributed by atoms with van der Waals surface area (Å²) in [7, 11) is 0. The SMILES string of the molecule is CCNC(=NCCCOCC)NCCc1ccccc1Cl.I. The Balaban J connectivity index is 0.00000441. The van der Waals surface area contributed by atoms with E-state index in [1.54, 1.807) is 0 Å². The molecule has 0 aliphatic carbocycles. The van der Waals surface area contributed by atoms with Crippen LogP contribution in [0.5, 0.6) is 0 Å². The minimum absolute atomic E-state index is 0. The number of guanidine groups is 1. The van der Waals surface area contributed by atoms with E-state index < -0.39 is 0 Å². The van der Waals surface area contributed by atoms with Gasteiger partial charge in [0.1, 0.15) is 0 Å². The van der Waals surface area contributed by atoms with Crippen LogP contribution in [0, 0.1) is 0 Å². The molecule has 126 valence electrons. The minimum atomic E-state index is 0. The van der Waals surface area contributed by atoms with Gasteiger partial charge in [0.2, 0.25) is 0 Å². The third-order valence-electron chi connectivity index (χ3n) is 2.91. The van der Waals surface area contributed by atoms with E-state index in [4.69, 9.17) is 16.3 Å². The zero-order valence-electron chi connectivity index (χ0n) is 13.4. The Morgan fingerprint density at radius 1 is 1.23 bits per heavy atom. The van der Waals surface area contributed by atoms with Gasteiger partial charge in [0, 0.05) is 37.9 Å². The topological polar surface area (TPSA) is 45.7 Å². The van der Waals surface area contributed by atoms with Gasteiger partial charge in [-0.15, -0.1) is 24.0 Å². The van der Waals surface area contributed by atoms with Crippen LogP contribution in [0.25, 0.3) is 0 Å². The first-order chi connectivity index (χ1) is 10.3. The second kappa shape index (κ2) is 14.1. The van der Waals surface area contributed by atoms with E-state index in [9.17, 15) is 0 Å². The summed E-state index contributed by atoms with van der Waals surface area (Å²) in [6.45, 7) is 8.01. The fourth-order valence-electron chi connectivity index (χ4n) is 1.86. The molecular weight excluding hydrogens is 413 g/mol. The van der Waals surface area contributed by atoms with E-state index in [2.05, 4.69) is 28.6 Å². The van der Waals surface area contributed by atoms with Gasteiger partial charge < -0.3 is 15.4 Å². The molecule has 1 aromatic rings. The van der Waals surface area contributed by atoms with Gasteiger partial charge in [0.25, 0.3) is 0 Å². The number of ether oxygens (including phenoxy) is 1. The van der Waals surface area contributed by atoms with E-state index in [0.29, 0.717) is 0 Å². The van der Waals surface area contributed by atoms with Crippen molar-refractivity contribution in [3.8, 4) is 0 Å². The van der Waals surface area contributed by atoms with Crippen molar-refractivity contribution in [2.24, 2.45) is 4.99 Å². The van der Waals surface area contributed by atoms with Crippen molar-refractivity contribution in [3.63, 3.8) is 0 Å². The molecule has 1 aromatic carbocycles. The number of halogens is 2. The highest BCUT2D eigenvalue weighted by molar-refractivity contribution is 14.0. The largest absolute Gasteiger partial charge is 0.382 e. The highest BCUT2D eigenvalue weighted by atomic mass is 127. The number of nitrogens with zero attached hydrogens (tertiary/aromatic N) is 1. The number of benzene rings is 1. The van der Waals surface area contributed by atoms with Gasteiger partial charge in [0.05, 0.1) is 0 Å². The van der Waals surface area contributed by atoms with Crippen LogP contribution < -0.4 is 10.6 Å². The highest BCUT2D eigenvalue weighted by Gasteiger charge is 2.00. The van der Waals surface area contributed by atoms with Crippen molar-refractivity contribution in [1.29, 1.82) is 0 Å². The number of hydrogen-bond acceptors (Lipinski definition) is 2. The minimum Gasteiger partial charge on any atom is -0.382 e. The molecule has 0 spiro atoms. The Hall–Kier alpha value is -0.530. The lowest BCUT2D eigenvalue weighted by molar-refractivity contribution is 0.146. The summed E-state index contributed by atoms with van der Waals surface area (Å²) in [4.78, 5) is 4.52. The summed E-state index contributed by atoms with van der Waals surface area (Å²) < 4.78 is 5.30. The molecule has 0 fully saturated rings. The smallest absolute Gasteiger partial charge is 0.191 e. The van der Waals surface area contributed by atoms with Gasteiger partial charge in [-0.25, -0.2) is 0 Å². The second-order valence-corrected chi connectivity index (χ2v) is 4.99. The molecule has 6 heteroatoms. The lowest BCUT2D eigenvalue weighted by Crippen LogP contribution is -2.38. The molecule has 0 amide bonds. The zero-order valence-corrected chi connectivity index (χ0v) is 16.5. The average Bonchev–Trinajstić information content (AvgIpc) is 2.49. The first-order valence-corrected chi connectivity index (χ1v) is 7.99. The van der Waals surface area contributed by atoms with Crippen molar-refractivity contribution in [1.82, 2.24) is 10.6 Å². The molecule has 0 aromatic heterocycles. The predicted octanol–water partition coefficient (Wildman–Crippen LogP) is 3.48. The summed E-state index contributed by atoms with van der Waals surface area (Å²) >= 11 is 6.15. The van der Waals surface area contributed by atoms with Crippen LogP contribution in [0.3, 0.4) is 0 Å². The fourth-order valence-corrected chi connectivity index (χ4v) is 2.09. The maximum Gasteiger partial charge on any atom is 0.191 e. The fraction of sp³-hybridized carbons (Fsp3) is 0.562. The Bertz CT molecular complexity index is 430. The van der Waals surface area contributed by atoms with Crippen LogP contribution in [-0.2, 0) is 11.2 Å². The first-order valence-electron chi connectivity index (χ1n) is 7.61. The Labute approximate surface area is 156 Å². The third-order valence-corrected chi connectivity index (χ3v) is 3.28. The van der Waals surface area contributed by atoms with Gasteiger partial charge in [-0.1, -0.05) is 29.8 Å². The number of aliphatic imine (C=N–C) groups is 1. The highest BCUT2D eigenvalue weighted by Crippen LogP contribution is 2.14. The standard InChI is InChI=1S/C16H26ClN3O.HI/c1-3-18-16(19-11-7-13-21-4-2)20-12-10-14-8-5-6-9-15(14)17;/h5-6,8-9H,3-4,7,10-13H2,1-2H3,(H2,18,19,20);1H. The van der Waals surface area contributed by atoms with Gasteiger partial charge in [-0.2, -0.15) is 0 Å². The maximum absolute atomic E-state index is 6.15. The van der Waals surface area contributed by atoms with Crippen molar-refractivity contribution in [2.45, 2.75) is 26.7 Å². The number of nitrogens with one attached hydrogen (secondary N) is 2. The molecule has 0 saturated carbocycles. The third kappa shape index (κ3) is 9.48. The normalized spacial score (nSPS) is 11.0. The molecule has 2 N–H and O–H groups in total. The monoisotopic (exact) mass is 439 g/mol. The van der Waals surface area contributed by atoms with E-state index >= 15 is 0 Å². The zero-order chi connectivity index (χ0) is 15.3. The molecule has 4 nitrogen and oxygen atoms in total. The lowest BCUT2D eigenvalue weighted by Gasteiger charge is -2.11. The molecule has 0 heterocycles. The molecule has 1 rings (SSSR count). The summed E-state index contributed by atoms with van der Waals surface area (Å²) in [5.41, 5.74) is 1.15. The molecule has 0 saturated heterocycles. The quantitative estimate of drug-likeness (QED) is 0.268. The van der Waals surface area contributed by atoms with Crippen LogP contribution in [0.1, 0.15) is 25.8 Å². The molecule has 0 atom stereocenters. The van der Waals surface area contributed by atoms with E-state index in [1.165, 1.54) is 0 Å². The summed E-state index contributed by atoms with van der Waals surface area (Å²) in [6.07, 6.45) is 1.82. The summed E-state index contributed by atoms with van der Waals surface area (Å²) in [5.74, 6) is 0.848. The molecule has 22 heavy (non-hydrogen) atoms. The van der Waals surface area contributed by atoms with Gasteiger partial charge in [-0.3, -0.25) is 4.99 Å². The van der Waals surface area contributed by atoms with Crippen LogP contribution in [-0.4, -0.2) is 38.8 Å². The number of hydrogen-bond donors (Lipinski definition) is 2. The van der Waals surface area contributed by atoms with Crippen LogP contribution in [0.4, 0.5) is 0 Å². The van der Waals surface area contributed by atoms with Crippen LogP contribution in [0.2, 0.25) is 5.02 Å². The maximum atomic E-state index is 6.15. The Morgan fingerprint density at radius 3 is 2.68 bits per heavy atom. The van der Waals surface area contributed by atoms with Crippen molar-refractivity contribution in [3.05, 3.63) is 34.9 Å². The lowest BCUT2D eigenvalue weighted by atomic mass is 10.1. The van der Waals surface area contributed by atoms with Gasteiger partial charge in [0.15, 0.2) is 5.96 Å². The molecule has 0 bridgehead atoms. The Morgan fingerprint density at radius 2 is 2.00 bits per heavy atom. The first kappa shape index (κ1) is 21.5. The average molecular weight is 440 g/mol. The second-order valence-electron chi connectivity index (χ2n) is 4.58. The van der Waals surface area contributed by atoms with Crippen molar-refractivity contribution < 1.29 is 4.74 Å². The van der Waals surface area contributed by atoms with Crippen molar-refractivity contribution >= 4 is 41.5 Å². The van der Waals surface area contributed by atoms with Gasteiger partial charge in [-0.05, 0) is 38.3 Å². The van der Waals surface area contributed by atoms with E-state index in [-0.39, 0.29) is 24.0 Å². The number of rotatable bonds is 9. The van der Waals surface area contributed by atoms with E-state index in [0.717, 1.165) is 62.2 Å². The molecule has 0 aliphatic heterocycles. The van der Waals surface area contributed by atoms with Crippen molar-refractivity contribution in [2.75, 3.05) is 32.8 Å². The summed E-state index contributed by atoms with van der Waals surface area (Å²) in [5, 5.41) is 7.38. The van der Waals surface area contributed by atoms with E-state index in [1.807, 2.05) is 25.1 Å². The van der Waals surface area contributed by atoms with Gasteiger partial charge >= 0.3 is 0 Å². The summed E-state index contributed by atoms with van der Waals surface area (Å²) in [6, 6.07) is 7.93. The van der Waals surface area contributed by atoms with Crippen LogP contribution in [0.15, 0.2) is 29.3 Å². The predicted molar refractivity (Wildman–Crippen MR) is 106 cm³/mol. The molecule has 0 radical (unpaired) electrons. The Kier molecular flexibility index (Phi) is 13.7. The molecule has 0 aliphatic rings. The molecule has 0 unspecified atom stereocenters.